The Balaban J connectivity index is 3.20. The summed E-state index contributed by atoms with van der Waals surface area (Å²) in [5, 5.41) is 1.65. The summed E-state index contributed by atoms with van der Waals surface area (Å²) in [6.45, 7) is 9.00. The maximum Gasteiger partial charge on any atom is 0.0948 e. The molecule has 13 heavy (non-hydrogen) atoms. The fraction of sp³-hybridized carbons (Fsp3) is 0.500. The summed E-state index contributed by atoms with van der Waals surface area (Å²) in [5.74, 6) is 0. The average Bonchev–Trinajstić information content (AvgIpc) is 2.29. The summed E-state index contributed by atoms with van der Waals surface area (Å²) in [7, 11) is -0.916. The van der Waals surface area contributed by atoms with Crippen molar-refractivity contribution in [2.24, 2.45) is 0 Å². The molecule has 0 bridgehead atoms. The van der Waals surface area contributed by atoms with Crippen molar-refractivity contribution in [2.75, 3.05) is 0 Å². The zero-order valence-corrected chi connectivity index (χ0v) is 12.5. The first-order chi connectivity index (χ1) is 5.95. The molecule has 0 amide bonds. The molecular formula is C8H12Cl2SSi2. The molecule has 0 aliphatic rings. The first-order valence-corrected chi connectivity index (χ1v) is 10.6. The van der Waals surface area contributed by atoms with E-state index in [2.05, 4.69) is 26.2 Å². The van der Waals surface area contributed by atoms with Crippen molar-refractivity contribution in [3.63, 3.8) is 0 Å². The van der Waals surface area contributed by atoms with E-state index >= 15 is 0 Å². The van der Waals surface area contributed by atoms with Gasteiger partial charge in [-0.15, -0.1) is 0 Å². The van der Waals surface area contributed by atoms with E-state index in [1.54, 1.807) is 0 Å². The topological polar surface area (TPSA) is 0 Å². The van der Waals surface area contributed by atoms with Gasteiger partial charge < -0.3 is 0 Å². The summed E-state index contributed by atoms with van der Waals surface area (Å²) in [5.41, 5.74) is 0. The summed E-state index contributed by atoms with van der Waals surface area (Å²) in [4.78, 5) is 0. The molecule has 0 aromatic carbocycles. The maximum atomic E-state index is 6.17. The van der Waals surface area contributed by atoms with Crippen LogP contribution in [-0.4, -0.2) is 17.6 Å². The van der Waals surface area contributed by atoms with Crippen molar-refractivity contribution in [1.29, 1.82) is 0 Å². The van der Waals surface area contributed by atoms with E-state index in [4.69, 9.17) is 23.2 Å². The second kappa shape index (κ2) is 4.49. The SMILES string of the molecule is C[Si](C)c1sc([Si](C)C)c(Cl)c1Cl. The molecule has 1 aromatic rings. The van der Waals surface area contributed by atoms with Crippen LogP contribution in [-0.2, 0) is 0 Å². The lowest BCUT2D eigenvalue weighted by atomic mass is 10.6. The summed E-state index contributed by atoms with van der Waals surface area (Å²) < 4.78 is 2.66. The highest BCUT2D eigenvalue weighted by Crippen LogP contribution is 2.23. The van der Waals surface area contributed by atoms with Gasteiger partial charge in [0.05, 0.1) is 27.6 Å². The molecule has 0 saturated heterocycles. The molecule has 0 spiro atoms. The van der Waals surface area contributed by atoms with Gasteiger partial charge in [-0.1, -0.05) is 49.4 Å². The molecule has 0 unspecified atom stereocenters. The van der Waals surface area contributed by atoms with Gasteiger partial charge in [0.2, 0.25) is 0 Å². The largest absolute Gasteiger partial charge is 0.152 e. The minimum atomic E-state index is -0.458. The van der Waals surface area contributed by atoms with Gasteiger partial charge in [-0.3, -0.25) is 0 Å². The van der Waals surface area contributed by atoms with Crippen LogP contribution in [0, 0.1) is 0 Å². The van der Waals surface area contributed by atoms with Gasteiger partial charge in [-0.25, -0.2) is 0 Å². The molecule has 0 N–H and O–H groups in total. The Morgan fingerprint density at radius 1 is 0.846 bits per heavy atom. The minimum Gasteiger partial charge on any atom is -0.152 e. The van der Waals surface area contributed by atoms with Gasteiger partial charge in [0.1, 0.15) is 0 Å². The Morgan fingerprint density at radius 2 is 1.15 bits per heavy atom. The summed E-state index contributed by atoms with van der Waals surface area (Å²) >= 11 is 14.2. The summed E-state index contributed by atoms with van der Waals surface area (Å²) in [6.07, 6.45) is 0. The van der Waals surface area contributed by atoms with Crippen LogP contribution in [0.4, 0.5) is 0 Å². The van der Waals surface area contributed by atoms with Crippen LogP contribution >= 0.6 is 34.5 Å². The van der Waals surface area contributed by atoms with E-state index in [0.29, 0.717) is 0 Å². The fourth-order valence-corrected chi connectivity index (χ4v) is 7.13. The number of hydrogen-bond donors (Lipinski definition) is 0. The predicted molar refractivity (Wildman–Crippen MR) is 68.6 cm³/mol. The molecule has 72 valence electrons. The third-order valence-corrected chi connectivity index (χ3v) is 9.29. The highest BCUT2D eigenvalue weighted by Gasteiger charge is 2.19. The van der Waals surface area contributed by atoms with Crippen LogP contribution in [0.3, 0.4) is 0 Å². The Hall–Kier alpha value is 0.714. The molecular weight excluding hydrogens is 255 g/mol. The van der Waals surface area contributed by atoms with Crippen LogP contribution in [0.25, 0.3) is 0 Å². The predicted octanol–water partition coefficient (Wildman–Crippen LogP) is 2.98. The Bertz CT molecular complexity index is 279. The fourth-order valence-electron chi connectivity index (χ4n) is 1.03. The number of hydrogen-bond acceptors (Lipinski definition) is 1. The van der Waals surface area contributed by atoms with E-state index in [1.807, 2.05) is 11.3 Å². The molecule has 0 aliphatic carbocycles. The van der Waals surface area contributed by atoms with E-state index < -0.39 is 17.6 Å². The van der Waals surface area contributed by atoms with Crippen molar-refractivity contribution in [1.82, 2.24) is 0 Å². The zero-order valence-electron chi connectivity index (χ0n) is 8.16. The van der Waals surface area contributed by atoms with Crippen molar-refractivity contribution >= 4 is 61.1 Å². The third kappa shape index (κ3) is 2.39. The van der Waals surface area contributed by atoms with E-state index in [1.165, 1.54) is 9.00 Å². The lowest BCUT2D eigenvalue weighted by Gasteiger charge is -1.98. The lowest BCUT2D eigenvalue weighted by molar-refractivity contribution is 1.95. The van der Waals surface area contributed by atoms with Crippen LogP contribution in [0.1, 0.15) is 0 Å². The molecule has 0 saturated carbocycles. The second-order valence-electron chi connectivity index (χ2n) is 3.39. The standard InChI is InChI=1S/C8H12Cl2SSi2/c1-12(2)7-5(9)6(10)8(11-7)13(3)4/h1-4H3. The highest BCUT2D eigenvalue weighted by atomic mass is 35.5. The molecule has 1 heterocycles. The van der Waals surface area contributed by atoms with Crippen LogP contribution < -0.4 is 9.00 Å². The van der Waals surface area contributed by atoms with E-state index in [0.717, 1.165) is 10.0 Å². The summed E-state index contributed by atoms with van der Waals surface area (Å²) in [6, 6.07) is 0. The van der Waals surface area contributed by atoms with Crippen LogP contribution in [0.2, 0.25) is 36.2 Å². The molecule has 1 aromatic heterocycles. The first kappa shape index (κ1) is 11.8. The van der Waals surface area contributed by atoms with Gasteiger partial charge in [-0.2, -0.15) is 11.3 Å². The first-order valence-electron chi connectivity index (χ1n) is 4.04. The molecule has 2 radical (unpaired) electrons. The molecule has 1 rings (SSSR count). The molecule has 0 nitrogen and oxygen atoms in total. The number of rotatable bonds is 2. The normalized spacial score (nSPS) is 11.7. The van der Waals surface area contributed by atoms with Gasteiger partial charge in [0.15, 0.2) is 0 Å². The van der Waals surface area contributed by atoms with Crippen molar-refractivity contribution < 1.29 is 0 Å². The average molecular weight is 267 g/mol. The quantitative estimate of drug-likeness (QED) is 0.723. The Labute approximate surface area is 97.1 Å². The molecule has 5 heteroatoms. The van der Waals surface area contributed by atoms with E-state index in [9.17, 15) is 0 Å². The van der Waals surface area contributed by atoms with Crippen molar-refractivity contribution in [3.8, 4) is 0 Å². The van der Waals surface area contributed by atoms with Gasteiger partial charge in [0.25, 0.3) is 0 Å². The second-order valence-corrected chi connectivity index (χ2v) is 10.9. The monoisotopic (exact) mass is 266 g/mol. The smallest absolute Gasteiger partial charge is 0.0948 e. The van der Waals surface area contributed by atoms with Crippen LogP contribution in [0.15, 0.2) is 0 Å². The van der Waals surface area contributed by atoms with E-state index in [-0.39, 0.29) is 0 Å². The molecule has 0 atom stereocenters. The highest BCUT2D eigenvalue weighted by molar-refractivity contribution is 7.33. The van der Waals surface area contributed by atoms with Gasteiger partial charge >= 0.3 is 0 Å². The Kier molecular flexibility index (Phi) is 4.07. The van der Waals surface area contributed by atoms with Crippen LogP contribution in [0.5, 0.6) is 0 Å². The van der Waals surface area contributed by atoms with Crippen molar-refractivity contribution in [3.05, 3.63) is 10.0 Å². The maximum absolute atomic E-state index is 6.17. The Morgan fingerprint density at radius 3 is 1.31 bits per heavy atom. The number of halogens is 2. The van der Waals surface area contributed by atoms with Gasteiger partial charge in [-0.05, 0) is 0 Å². The molecule has 0 aliphatic heterocycles. The van der Waals surface area contributed by atoms with Crippen molar-refractivity contribution in [2.45, 2.75) is 26.2 Å². The number of thiophene rings is 1. The molecule has 0 fully saturated rings. The zero-order chi connectivity index (χ0) is 10.2. The van der Waals surface area contributed by atoms with Gasteiger partial charge in [0, 0.05) is 9.00 Å². The minimum absolute atomic E-state index is 0.458. The lowest BCUT2D eigenvalue weighted by Crippen LogP contribution is -2.22. The third-order valence-electron chi connectivity index (χ3n) is 1.70.